The second-order valence-electron chi connectivity index (χ2n) is 2.33. The topological polar surface area (TPSA) is 49.8 Å². The molecule has 12 heavy (non-hydrogen) atoms. The standard InChI is InChI=1S/C8H7BrN2S/c1-5-2-8(12-4-10)6(9)3-7(5)11/h2-3H,11H2,1H3. The van der Waals surface area contributed by atoms with Crippen molar-refractivity contribution in [3.63, 3.8) is 0 Å². The molecule has 0 fully saturated rings. The van der Waals surface area contributed by atoms with Crippen molar-refractivity contribution in [1.82, 2.24) is 0 Å². The summed E-state index contributed by atoms with van der Waals surface area (Å²) >= 11 is 4.46. The van der Waals surface area contributed by atoms with Gasteiger partial charge in [0.25, 0.3) is 0 Å². The second kappa shape index (κ2) is 3.83. The fourth-order valence-corrected chi connectivity index (χ4v) is 1.89. The molecule has 4 heteroatoms. The van der Waals surface area contributed by atoms with Crippen molar-refractivity contribution in [2.45, 2.75) is 11.8 Å². The summed E-state index contributed by atoms with van der Waals surface area (Å²) < 4.78 is 0.872. The van der Waals surface area contributed by atoms with Crippen LogP contribution in [0.15, 0.2) is 21.5 Å². The number of nitrogens with zero attached hydrogens (tertiary/aromatic N) is 1. The summed E-state index contributed by atoms with van der Waals surface area (Å²) in [7, 11) is 0. The molecule has 0 unspecified atom stereocenters. The summed E-state index contributed by atoms with van der Waals surface area (Å²) in [5.41, 5.74) is 7.40. The zero-order valence-corrected chi connectivity index (χ0v) is 8.87. The number of thiocyanates is 1. The van der Waals surface area contributed by atoms with Gasteiger partial charge in [-0.05, 0) is 52.3 Å². The van der Waals surface area contributed by atoms with Crippen LogP contribution in [0.5, 0.6) is 0 Å². The third kappa shape index (κ3) is 1.93. The van der Waals surface area contributed by atoms with Crippen LogP contribution >= 0.6 is 27.7 Å². The Kier molecular flexibility index (Phi) is 3.01. The minimum atomic E-state index is 0.740. The van der Waals surface area contributed by atoms with Crippen LogP contribution in [0.25, 0.3) is 0 Å². The molecule has 0 radical (unpaired) electrons. The van der Waals surface area contributed by atoms with Gasteiger partial charge >= 0.3 is 0 Å². The lowest BCUT2D eigenvalue weighted by Crippen LogP contribution is -1.89. The lowest BCUT2D eigenvalue weighted by molar-refractivity contribution is 1.33. The molecule has 1 rings (SSSR count). The number of aryl methyl sites for hydroxylation is 1. The molecule has 0 bridgehead atoms. The normalized spacial score (nSPS) is 9.42. The molecule has 0 aliphatic heterocycles. The Hall–Kier alpha value is -0.660. The van der Waals surface area contributed by atoms with E-state index in [-0.39, 0.29) is 0 Å². The minimum absolute atomic E-state index is 0.740. The average Bonchev–Trinajstić information content (AvgIpc) is 2.01. The molecule has 0 spiro atoms. The third-order valence-corrected chi connectivity index (χ3v) is 3.04. The Morgan fingerprint density at radius 1 is 1.58 bits per heavy atom. The molecule has 0 saturated carbocycles. The number of benzene rings is 1. The number of anilines is 1. The van der Waals surface area contributed by atoms with Crippen LogP contribution in [0.4, 0.5) is 5.69 Å². The first-order valence-electron chi connectivity index (χ1n) is 3.26. The van der Waals surface area contributed by atoms with Crippen molar-refractivity contribution >= 4 is 33.4 Å². The lowest BCUT2D eigenvalue weighted by atomic mass is 10.2. The van der Waals surface area contributed by atoms with E-state index in [0.29, 0.717) is 0 Å². The number of rotatable bonds is 1. The lowest BCUT2D eigenvalue weighted by Gasteiger charge is -2.03. The van der Waals surface area contributed by atoms with Gasteiger partial charge in [0, 0.05) is 15.1 Å². The molecule has 0 atom stereocenters. The van der Waals surface area contributed by atoms with E-state index < -0.39 is 0 Å². The van der Waals surface area contributed by atoms with Gasteiger partial charge in [0.2, 0.25) is 0 Å². The molecule has 0 saturated heterocycles. The summed E-state index contributed by atoms with van der Waals surface area (Å²) in [4.78, 5) is 0.907. The summed E-state index contributed by atoms with van der Waals surface area (Å²) in [6.45, 7) is 1.92. The van der Waals surface area contributed by atoms with Crippen LogP contribution in [0.2, 0.25) is 0 Å². The van der Waals surface area contributed by atoms with E-state index in [9.17, 15) is 0 Å². The first kappa shape index (κ1) is 9.43. The molecule has 0 heterocycles. The van der Waals surface area contributed by atoms with E-state index in [0.717, 1.165) is 32.4 Å². The zero-order valence-electron chi connectivity index (χ0n) is 6.47. The van der Waals surface area contributed by atoms with Crippen molar-refractivity contribution < 1.29 is 0 Å². The van der Waals surface area contributed by atoms with Gasteiger partial charge in [0.1, 0.15) is 5.40 Å². The molecule has 0 aromatic heterocycles. The van der Waals surface area contributed by atoms with E-state index in [1.807, 2.05) is 24.5 Å². The molecule has 62 valence electrons. The number of hydrogen-bond acceptors (Lipinski definition) is 3. The first-order valence-corrected chi connectivity index (χ1v) is 4.87. The van der Waals surface area contributed by atoms with E-state index in [4.69, 9.17) is 11.0 Å². The van der Waals surface area contributed by atoms with Gasteiger partial charge < -0.3 is 5.73 Å². The van der Waals surface area contributed by atoms with Crippen LogP contribution in [-0.2, 0) is 0 Å². The van der Waals surface area contributed by atoms with Crippen molar-refractivity contribution in [2.75, 3.05) is 5.73 Å². The monoisotopic (exact) mass is 242 g/mol. The van der Waals surface area contributed by atoms with Crippen LogP contribution in [-0.4, -0.2) is 0 Å². The van der Waals surface area contributed by atoms with Crippen molar-refractivity contribution in [3.8, 4) is 5.40 Å². The molecule has 0 amide bonds. The third-order valence-electron chi connectivity index (χ3n) is 1.48. The highest BCUT2D eigenvalue weighted by Crippen LogP contribution is 2.30. The average molecular weight is 243 g/mol. The molecule has 0 aliphatic rings. The minimum Gasteiger partial charge on any atom is -0.398 e. The van der Waals surface area contributed by atoms with Gasteiger partial charge in [0.05, 0.1) is 0 Å². The van der Waals surface area contributed by atoms with Crippen LogP contribution in [0.1, 0.15) is 5.56 Å². The predicted octanol–water partition coefficient (Wildman–Crippen LogP) is 2.91. The van der Waals surface area contributed by atoms with Gasteiger partial charge in [-0.2, -0.15) is 5.26 Å². The van der Waals surface area contributed by atoms with E-state index in [1.54, 1.807) is 0 Å². The highest BCUT2D eigenvalue weighted by molar-refractivity contribution is 9.10. The fourth-order valence-electron chi connectivity index (χ4n) is 0.798. The number of nitriles is 1. The highest BCUT2D eigenvalue weighted by Gasteiger charge is 2.03. The molecular weight excluding hydrogens is 236 g/mol. The highest BCUT2D eigenvalue weighted by atomic mass is 79.9. The van der Waals surface area contributed by atoms with E-state index in [1.165, 1.54) is 0 Å². The number of thioether (sulfide) groups is 1. The molecular formula is C8H7BrN2S. The molecule has 1 aromatic carbocycles. The Morgan fingerprint density at radius 2 is 2.25 bits per heavy atom. The van der Waals surface area contributed by atoms with Gasteiger partial charge in [-0.1, -0.05) is 0 Å². The van der Waals surface area contributed by atoms with E-state index in [2.05, 4.69) is 15.9 Å². The smallest absolute Gasteiger partial charge is 0.138 e. The Labute approximate surface area is 83.9 Å². The fraction of sp³-hybridized carbons (Fsp3) is 0.125. The summed E-state index contributed by atoms with van der Waals surface area (Å²) in [5, 5.41) is 10.5. The van der Waals surface area contributed by atoms with Crippen LogP contribution in [0.3, 0.4) is 0 Å². The maximum absolute atomic E-state index is 8.47. The Balaban J connectivity index is 3.16. The summed E-state index contributed by atoms with van der Waals surface area (Å²) in [5.74, 6) is 0. The van der Waals surface area contributed by atoms with Gasteiger partial charge in [-0.3, -0.25) is 0 Å². The van der Waals surface area contributed by atoms with Crippen molar-refractivity contribution in [2.24, 2.45) is 0 Å². The molecule has 0 aliphatic carbocycles. The van der Waals surface area contributed by atoms with Crippen LogP contribution in [0, 0.1) is 17.6 Å². The molecule has 2 nitrogen and oxygen atoms in total. The first-order chi connectivity index (χ1) is 5.65. The predicted molar refractivity (Wildman–Crippen MR) is 54.8 cm³/mol. The quantitative estimate of drug-likeness (QED) is 0.468. The zero-order chi connectivity index (χ0) is 9.14. The van der Waals surface area contributed by atoms with E-state index >= 15 is 0 Å². The number of nitrogen functional groups attached to an aromatic ring is 1. The number of halogens is 1. The van der Waals surface area contributed by atoms with Crippen molar-refractivity contribution in [3.05, 3.63) is 22.2 Å². The second-order valence-corrected chi connectivity index (χ2v) is 4.01. The molecule has 2 N–H and O–H groups in total. The van der Waals surface area contributed by atoms with Crippen molar-refractivity contribution in [1.29, 1.82) is 5.26 Å². The Bertz CT molecular complexity index is 344. The maximum Gasteiger partial charge on any atom is 0.138 e. The Morgan fingerprint density at radius 3 is 2.83 bits per heavy atom. The van der Waals surface area contributed by atoms with Crippen LogP contribution < -0.4 is 5.73 Å². The summed E-state index contributed by atoms with van der Waals surface area (Å²) in [6, 6.07) is 3.71. The maximum atomic E-state index is 8.47. The van der Waals surface area contributed by atoms with Gasteiger partial charge in [-0.15, -0.1) is 0 Å². The van der Waals surface area contributed by atoms with Gasteiger partial charge in [-0.25, -0.2) is 0 Å². The van der Waals surface area contributed by atoms with Gasteiger partial charge in [0.15, 0.2) is 0 Å². The number of nitrogens with two attached hydrogens (primary N) is 1. The molecule has 1 aromatic rings. The summed E-state index contributed by atoms with van der Waals surface area (Å²) in [6.07, 6.45) is 0. The largest absolute Gasteiger partial charge is 0.398 e. The number of hydrogen-bond donors (Lipinski definition) is 1. The SMILES string of the molecule is Cc1cc(SC#N)c(Br)cc1N.